The molecule has 3 aliphatic carbocycles. The maximum atomic E-state index is 16.6. The molecule has 5 aliphatic rings. The number of halogens is 12. The smallest absolute Gasteiger partial charge is 0.390 e. The van der Waals surface area contributed by atoms with Crippen LogP contribution in [-0.4, -0.2) is 86.7 Å². The maximum Gasteiger partial charge on any atom is 0.390 e. The molecule has 0 saturated heterocycles. The van der Waals surface area contributed by atoms with Crippen molar-refractivity contribution >= 4 is 29.3 Å². The first kappa shape index (κ1) is 52.4. The summed E-state index contributed by atoms with van der Waals surface area (Å²) in [6.45, 7) is 10.7. The van der Waals surface area contributed by atoms with Gasteiger partial charge in [0, 0.05) is 6.42 Å². The Morgan fingerprint density at radius 3 is 1.65 bits per heavy atom. The van der Waals surface area contributed by atoms with E-state index >= 15 is 35.1 Å². The summed E-state index contributed by atoms with van der Waals surface area (Å²) in [5.41, 5.74) is -10.7. The number of fused-ring (bicyclic) bond motifs is 2. The van der Waals surface area contributed by atoms with E-state index in [0.29, 0.717) is 35.9 Å². The van der Waals surface area contributed by atoms with Crippen LogP contribution in [-0.2, 0) is 21.3 Å². The molecule has 2 aliphatic heterocycles. The number of amides is 4. The quantitative estimate of drug-likeness (QED) is 0.110. The second kappa shape index (κ2) is 16.3. The third kappa shape index (κ3) is 6.69. The Kier molecular flexibility index (Phi) is 11.8. The largest absolute Gasteiger partial charge is 0.448 e. The van der Waals surface area contributed by atoms with Gasteiger partial charge in [0.15, 0.2) is 0 Å². The Bertz CT molecular complexity index is 2900. The molecule has 0 bridgehead atoms. The van der Waals surface area contributed by atoms with Crippen molar-refractivity contribution in [3.05, 3.63) is 130 Å². The van der Waals surface area contributed by atoms with E-state index in [9.17, 15) is 36.7 Å². The lowest BCUT2D eigenvalue weighted by Gasteiger charge is -2.59. The van der Waals surface area contributed by atoms with E-state index in [1.54, 1.807) is 12.1 Å². The fourth-order valence-corrected chi connectivity index (χ4v) is 9.42. The minimum absolute atomic E-state index is 0.0561. The van der Waals surface area contributed by atoms with Gasteiger partial charge in [-0.1, -0.05) is 52.8 Å². The van der Waals surface area contributed by atoms with E-state index in [0.717, 1.165) is 79.0 Å². The van der Waals surface area contributed by atoms with Gasteiger partial charge >= 0.3 is 41.3 Å². The zero-order valence-corrected chi connectivity index (χ0v) is 39.5. The second-order valence-electron chi connectivity index (χ2n) is 19.3. The number of anilines is 1. The van der Waals surface area contributed by atoms with Gasteiger partial charge in [-0.3, -0.25) is 19.2 Å². The number of hydrogen-bond acceptors (Lipinski definition) is 7. The molecule has 3 aromatic rings. The predicted octanol–water partition coefficient (Wildman–Crippen LogP) is 12.4. The Labute approximate surface area is 404 Å². The molecule has 4 amide bonds. The first-order valence-electron chi connectivity index (χ1n) is 22.8. The fourth-order valence-electron chi connectivity index (χ4n) is 9.42. The number of alkyl halides is 12. The van der Waals surface area contributed by atoms with Gasteiger partial charge in [0.2, 0.25) is 5.67 Å². The number of carbonyl (C=O) groups excluding carboxylic acids is 4. The molecular formula is C51H46F12N2O7. The molecule has 2 heterocycles. The van der Waals surface area contributed by atoms with E-state index in [1.165, 1.54) is 19.9 Å². The van der Waals surface area contributed by atoms with Crippen LogP contribution in [0.2, 0.25) is 0 Å². The highest BCUT2D eigenvalue weighted by atomic mass is 19.3. The highest BCUT2D eigenvalue weighted by Crippen LogP contribution is 2.71. The molecule has 0 aromatic heterocycles. The molecule has 21 heteroatoms. The summed E-state index contributed by atoms with van der Waals surface area (Å²) in [7, 11) is 0. The highest BCUT2D eigenvalue weighted by molar-refractivity contribution is 6.34. The van der Waals surface area contributed by atoms with Crippen molar-refractivity contribution in [3.63, 3.8) is 0 Å². The van der Waals surface area contributed by atoms with Gasteiger partial charge in [-0.05, 0) is 129 Å². The molecule has 2 fully saturated rings. The summed E-state index contributed by atoms with van der Waals surface area (Å²) in [6.07, 6.45) is 4.20. The molecule has 0 radical (unpaired) electrons. The molecule has 8 rings (SSSR count). The summed E-state index contributed by atoms with van der Waals surface area (Å²) in [4.78, 5) is 55.3. The van der Waals surface area contributed by atoms with E-state index < -0.39 is 116 Å². The number of imide groups is 2. The van der Waals surface area contributed by atoms with Gasteiger partial charge in [-0.25, -0.2) is 18.6 Å². The maximum absolute atomic E-state index is 16.6. The molecule has 0 spiro atoms. The van der Waals surface area contributed by atoms with Gasteiger partial charge < -0.3 is 14.2 Å². The summed E-state index contributed by atoms with van der Waals surface area (Å²) >= 11 is 0. The zero-order chi connectivity index (χ0) is 53.4. The number of carbonyl (C=O) groups is 4. The number of ether oxygens (including phenoxy) is 3. The number of rotatable bonds is 15. The van der Waals surface area contributed by atoms with Crippen molar-refractivity contribution < 1.29 is 86.1 Å². The van der Waals surface area contributed by atoms with Crippen LogP contribution in [0.15, 0.2) is 96.7 Å². The second-order valence-corrected chi connectivity index (χ2v) is 19.3. The van der Waals surface area contributed by atoms with Crippen LogP contribution in [0.3, 0.4) is 0 Å². The van der Waals surface area contributed by atoms with Crippen LogP contribution in [0.25, 0.3) is 0 Å². The molecule has 3 aromatic carbocycles. The van der Waals surface area contributed by atoms with Crippen molar-refractivity contribution in [1.29, 1.82) is 0 Å². The Morgan fingerprint density at radius 1 is 0.556 bits per heavy atom. The van der Waals surface area contributed by atoms with Crippen LogP contribution < -0.4 is 9.64 Å². The minimum Gasteiger partial charge on any atom is -0.448 e. The van der Waals surface area contributed by atoms with Crippen LogP contribution >= 0.6 is 0 Å². The SMILES string of the molecule is CCC(C)(CC)OC1(F)C(F)(F)C(F)(F)C1(F)Cc1ccc2c(c1)C(=O)N(c1ccc(OC3(F)C(F)(F)C(F)(F)C3(F)OC3(C)C=CC=C(N4C(=O)c5ccc(C(C)(CC)CC)cc5C4=O)C=C3)cc1)C2=O. The Hall–Kier alpha value is -5.96. The van der Waals surface area contributed by atoms with Gasteiger partial charge in [0.1, 0.15) is 11.4 Å². The van der Waals surface area contributed by atoms with E-state index in [4.69, 9.17) is 9.47 Å². The summed E-state index contributed by atoms with van der Waals surface area (Å²) in [6, 6.07) is 9.87. The van der Waals surface area contributed by atoms with Crippen molar-refractivity contribution in [3.8, 4) is 5.75 Å². The lowest BCUT2D eigenvalue weighted by atomic mass is 9.65. The molecule has 9 nitrogen and oxygen atoms in total. The normalized spacial score (nSPS) is 29.9. The Morgan fingerprint density at radius 2 is 1.07 bits per heavy atom. The molecular weight excluding hydrogens is 981 g/mol. The molecule has 386 valence electrons. The molecule has 0 N–H and O–H groups in total. The number of nitrogens with zero attached hydrogens (tertiary/aromatic N) is 2. The average Bonchev–Trinajstić information content (AvgIpc) is 3.63. The number of hydrogen-bond donors (Lipinski definition) is 0. The minimum atomic E-state index is -5.92. The predicted molar refractivity (Wildman–Crippen MR) is 234 cm³/mol. The summed E-state index contributed by atoms with van der Waals surface area (Å²) < 4.78 is 199. The molecule has 5 unspecified atom stereocenters. The van der Waals surface area contributed by atoms with Crippen molar-refractivity contribution in [2.45, 2.75) is 144 Å². The van der Waals surface area contributed by atoms with Gasteiger partial charge in [-0.15, -0.1) is 0 Å². The van der Waals surface area contributed by atoms with Crippen molar-refractivity contribution in [1.82, 2.24) is 4.90 Å². The Balaban J connectivity index is 0.997. The summed E-state index contributed by atoms with van der Waals surface area (Å²) in [5, 5.41) is 0. The van der Waals surface area contributed by atoms with Gasteiger partial charge in [-0.2, -0.15) is 43.9 Å². The first-order chi connectivity index (χ1) is 33.2. The van der Waals surface area contributed by atoms with Crippen LogP contribution in [0.5, 0.6) is 5.75 Å². The molecule has 5 atom stereocenters. The van der Waals surface area contributed by atoms with Gasteiger partial charge in [0.25, 0.3) is 23.6 Å². The van der Waals surface area contributed by atoms with Crippen LogP contribution in [0, 0.1) is 0 Å². The van der Waals surface area contributed by atoms with Crippen molar-refractivity contribution in [2.24, 2.45) is 0 Å². The zero-order valence-electron chi connectivity index (χ0n) is 39.5. The molecule has 2 saturated carbocycles. The fraction of sp³-hybridized carbons (Fsp3) is 0.451. The topological polar surface area (TPSA) is 102 Å². The first-order valence-corrected chi connectivity index (χ1v) is 22.8. The van der Waals surface area contributed by atoms with E-state index in [-0.39, 0.29) is 35.1 Å². The lowest BCUT2D eigenvalue weighted by molar-refractivity contribution is -0.548. The standard InChI is InChI=1S/C51H46F12N2O7/c1-8-41(5,9-2)29-15-21-34-36(26-29)40(69)64(38(34)67)30-13-12-23-43(7,24-22-30)72-51(63)48(59,60)47(57,58)50(51,62)70-32-18-16-31(17-19-32)65-37(66)33-20-14-28(25-35(33)39(65)68)27-44(52)45(53,54)46(55,56)49(44,61)71-42(6,10-3)11-4/h12-26H,8-11,27H2,1-7H3. The summed E-state index contributed by atoms with van der Waals surface area (Å²) in [5.74, 6) is -43.4. The van der Waals surface area contributed by atoms with Crippen LogP contribution in [0.4, 0.5) is 58.4 Å². The number of allylic oxidation sites excluding steroid dienone is 3. The van der Waals surface area contributed by atoms with Crippen molar-refractivity contribution in [2.75, 3.05) is 4.90 Å². The monoisotopic (exact) mass is 1030 g/mol. The number of benzene rings is 3. The van der Waals surface area contributed by atoms with E-state index in [2.05, 4.69) is 4.74 Å². The van der Waals surface area contributed by atoms with E-state index in [1.807, 2.05) is 20.8 Å². The highest BCUT2D eigenvalue weighted by Gasteiger charge is 3.03. The third-order valence-electron chi connectivity index (χ3n) is 15.1. The van der Waals surface area contributed by atoms with Gasteiger partial charge in [0.05, 0.1) is 39.2 Å². The average molecular weight is 1030 g/mol. The van der Waals surface area contributed by atoms with Crippen LogP contribution in [0.1, 0.15) is 127 Å². The lowest BCUT2D eigenvalue weighted by Crippen LogP contribution is -2.89. The third-order valence-corrected chi connectivity index (χ3v) is 15.1. The molecule has 72 heavy (non-hydrogen) atoms.